The SMILES string of the molecule is Cc1ccc2cc(CN(Cc3ccc(F)cc3)S(=O)(=O)c3cccc4nsnc34)c(=O)[nH]c2c1C. The number of sulfonamides is 1. The van der Waals surface area contributed by atoms with E-state index in [1.165, 1.54) is 34.6 Å². The first kappa shape index (κ1) is 23.3. The van der Waals surface area contributed by atoms with E-state index in [0.717, 1.165) is 33.8 Å². The number of aryl methyl sites for hydroxylation is 2. The van der Waals surface area contributed by atoms with E-state index in [9.17, 15) is 17.6 Å². The number of aromatic nitrogens is 3. The van der Waals surface area contributed by atoms with Gasteiger partial charge >= 0.3 is 0 Å². The van der Waals surface area contributed by atoms with Gasteiger partial charge in [-0.25, -0.2) is 12.8 Å². The van der Waals surface area contributed by atoms with Crippen LogP contribution in [0.2, 0.25) is 0 Å². The monoisotopic (exact) mass is 508 g/mol. The van der Waals surface area contributed by atoms with E-state index < -0.39 is 15.8 Å². The van der Waals surface area contributed by atoms with Crippen molar-refractivity contribution >= 4 is 43.7 Å². The lowest BCUT2D eigenvalue weighted by molar-refractivity contribution is 0.400. The molecule has 2 heterocycles. The molecule has 0 aliphatic heterocycles. The normalized spacial score (nSPS) is 12.1. The Balaban J connectivity index is 1.62. The molecule has 0 atom stereocenters. The van der Waals surface area contributed by atoms with Crippen LogP contribution in [-0.4, -0.2) is 26.5 Å². The second-order valence-electron chi connectivity index (χ2n) is 8.38. The van der Waals surface area contributed by atoms with Gasteiger partial charge in [0, 0.05) is 18.7 Å². The third kappa shape index (κ3) is 4.36. The molecule has 0 saturated carbocycles. The molecule has 7 nitrogen and oxygen atoms in total. The molecule has 3 aromatic carbocycles. The molecular weight excluding hydrogens is 487 g/mol. The molecule has 0 spiro atoms. The summed E-state index contributed by atoms with van der Waals surface area (Å²) < 4.78 is 50.8. The number of benzene rings is 3. The van der Waals surface area contributed by atoms with E-state index in [-0.39, 0.29) is 29.1 Å². The van der Waals surface area contributed by atoms with E-state index in [2.05, 4.69) is 13.7 Å². The Kier molecular flexibility index (Phi) is 5.96. The van der Waals surface area contributed by atoms with Gasteiger partial charge in [0.25, 0.3) is 5.56 Å². The zero-order chi connectivity index (χ0) is 24.7. The van der Waals surface area contributed by atoms with Crippen LogP contribution in [0.5, 0.6) is 0 Å². The molecule has 2 aromatic heterocycles. The third-order valence-corrected chi connectivity index (χ3v) is 8.48. The highest BCUT2D eigenvalue weighted by atomic mass is 32.2. The van der Waals surface area contributed by atoms with Crippen molar-refractivity contribution in [3.8, 4) is 0 Å². The van der Waals surface area contributed by atoms with Gasteiger partial charge < -0.3 is 4.98 Å². The van der Waals surface area contributed by atoms with E-state index in [0.29, 0.717) is 16.6 Å². The number of rotatable bonds is 6. The quantitative estimate of drug-likeness (QED) is 0.359. The largest absolute Gasteiger partial charge is 0.321 e. The molecule has 0 unspecified atom stereocenters. The topological polar surface area (TPSA) is 96.0 Å². The molecule has 178 valence electrons. The van der Waals surface area contributed by atoms with Crippen molar-refractivity contribution in [3.05, 3.63) is 99.1 Å². The Morgan fingerprint density at radius 3 is 2.54 bits per heavy atom. The van der Waals surface area contributed by atoms with Gasteiger partial charge in [-0.15, -0.1) is 0 Å². The smallest absolute Gasteiger partial charge is 0.252 e. The fraction of sp³-hybridized carbons (Fsp3) is 0.160. The van der Waals surface area contributed by atoms with Gasteiger partial charge in [-0.3, -0.25) is 4.79 Å². The maximum Gasteiger partial charge on any atom is 0.252 e. The molecule has 0 radical (unpaired) electrons. The standard InChI is InChI=1S/C25H21FN4O3S2/c1-15-6-9-18-12-19(25(31)27-23(18)16(15)2)14-30(13-17-7-10-20(26)11-8-17)35(32,33)22-5-3-4-21-24(22)29-34-28-21/h3-12H,13-14H2,1-2H3,(H,27,31). The highest BCUT2D eigenvalue weighted by molar-refractivity contribution is 7.89. The van der Waals surface area contributed by atoms with Gasteiger partial charge in [-0.05, 0) is 66.3 Å². The average Bonchev–Trinajstić information content (AvgIpc) is 3.32. The van der Waals surface area contributed by atoms with Crippen molar-refractivity contribution in [1.82, 2.24) is 18.0 Å². The van der Waals surface area contributed by atoms with E-state index in [1.807, 2.05) is 26.0 Å². The highest BCUT2D eigenvalue weighted by Crippen LogP contribution is 2.27. The summed E-state index contributed by atoms with van der Waals surface area (Å²) in [4.78, 5) is 15.9. The van der Waals surface area contributed by atoms with Crippen molar-refractivity contribution in [2.24, 2.45) is 0 Å². The van der Waals surface area contributed by atoms with Crippen molar-refractivity contribution < 1.29 is 12.8 Å². The third-order valence-electron chi connectivity index (χ3n) is 6.11. The van der Waals surface area contributed by atoms with Gasteiger partial charge in [0.15, 0.2) is 0 Å². The lowest BCUT2D eigenvalue weighted by Crippen LogP contribution is -2.32. The summed E-state index contributed by atoms with van der Waals surface area (Å²) in [7, 11) is -4.10. The molecule has 0 amide bonds. The minimum Gasteiger partial charge on any atom is -0.321 e. The second-order valence-corrected chi connectivity index (χ2v) is 10.8. The second kappa shape index (κ2) is 8.95. The van der Waals surface area contributed by atoms with E-state index >= 15 is 0 Å². The van der Waals surface area contributed by atoms with Crippen LogP contribution in [-0.2, 0) is 23.1 Å². The number of pyridine rings is 1. The summed E-state index contributed by atoms with van der Waals surface area (Å²) in [6, 6.07) is 16.0. The first-order chi connectivity index (χ1) is 16.7. The summed E-state index contributed by atoms with van der Waals surface area (Å²) in [6.45, 7) is 3.67. The molecule has 5 aromatic rings. The van der Waals surface area contributed by atoms with Crippen LogP contribution >= 0.6 is 11.7 Å². The van der Waals surface area contributed by atoms with Crippen LogP contribution < -0.4 is 5.56 Å². The zero-order valence-electron chi connectivity index (χ0n) is 18.9. The lowest BCUT2D eigenvalue weighted by Gasteiger charge is -2.22. The van der Waals surface area contributed by atoms with E-state index in [4.69, 9.17) is 0 Å². The maximum absolute atomic E-state index is 13.9. The molecule has 0 saturated heterocycles. The Morgan fingerprint density at radius 1 is 1.00 bits per heavy atom. The lowest BCUT2D eigenvalue weighted by atomic mass is 10.0. The van der Waals surface area contributed by atoms with Gasteiger partial charge in [0.05, 0.1) is 17.2 Å². The number of hydrogen-bond acceptors (Lipinski definition) is 6. The molecule has 10 heteroatoms. The van der Waals surface area contributed by atoms with Gasteiger partial charge in [-0.1, -0.05) is 30.3 Å². The Morgan fingerprint density at radius 2 is 1.77 bits per heavy atom. The van der Waals surface area contributed by atoms with Crippen molar-refractivity contribution in [2.75, 3.05) is 0 Å². The van der Waals surface area contributed by atoms with Gasteiger partial charge in [-0.2, -0.15) is 13.1 Å². The fourth-order valence-electron chi connectivity index (χ4n) is 4.03. The summed E-state index contributed by atoms with van der Waals surface area (Å²) in [5, 5.41) is 0.813. The van der Waals surface area contributed by atoms with Gasteiger partial charge in [0.1, 0.15) is 21.7 Å². The number of H-pyrrole nitrogens is 1. The highest BCUT2D eigenvalue weighted by Gasteiger charge is 2.29. The number of halogens is 1. The molecule has 1 N–H and O–H groups in total. The molecule has 0 aliphatic rings. The van der Waals surface area contributed by atoms with Crippen LogP contribution in [0.25, 0.3) is 21.9 Å². The maximum atomic E-state index is 13.9. The zero-order valence-corrected chi connectivity index (χ0v) is 20.6. The van der Waals surface area contributed by atoms with Crippen LogP contribution in [0.4, 0.5) is 4.39 Å². The Bertz CT molecular complexity index is 1730. The van der Waals surface area contributed by atoms with Crippen LogP contribution in [0, 0.1) is 19.7 Å². The number of fused-ring (bicyclic) bond motifs is 2. The molecule has 35 heavy (non-hydrogen) atoms. The number of aromatic amines is 1. The number of nitrogens with zero attached hydrogens (tertiary/aromatic N) is 3. The minimum absolute atomic E-state index is 0.00884. The first-order valence-electron chi connectivity index (χ1n) is 10.8. The number of nitrogens with one attached hydrogen (secondary N) is 1. The van der Waals surface area contributed by atoms with E-state index in [1.54, 1.807) is 18.2 Å². The fourth-order valence-corrected chi connectivity index (χ4v) is 6.18. The molecule has 0 aliphatic carbocycles. The summed E-state index contributed by atoms with van der Waals surface area (Å²) in [5.41, 5.74) is 4.02. The average molecular weight is 509 g/mol. The van der Waals surface area contributed by atoms with Gasteiger partial charge in [0.2, 0.25) is 10.0 Å². The summed E-state index contributed by atoms with van der Waals surface area (Å²) >= 11 is 0.931. The van der Waals surface area contributed by atoms with Crippen LogP contribution in [0.1, 0.15) is 22.3 Å². The number of hydrogen-bond donors (Lipinski definition) is 1. The minimum atomic E-state index is -4.10. The molecule has 0 fully saturated rings. The molecular formula is C25H21FN4O3S2. The molecule has 0 bridgehead atoms. The van der Waals surface area contributed by atoms with Crippen molar-refractivity contribution in [1.29, 1.82) is 0 Å². The Hall–Kier alpha value is -3.47. The van der Waals surface area contributed by atoms with Crippen LogP contribution in [0.3, 0.4) is 0 Å². The van der Waals surface area contributed by atoms with Crippen LogP contribution in [0.15, 0.2) is 70.4 Å². The Labute approximate surface area is 205 Å². The predicted molar refractivity (Wildman–Crippen MR) is 134 cm³/mol. The van der Waals surface area contributed by atoms with Crippen molar-refractivity contribution in [3.63, 3.8) is 0 Å². The first-order valence-corrected chi connectivity index (χ1v) is 13.0. The summed E-state index contributed by atoms with van der Waals surface area (Å²) in [6.07, 6.45) is 0. The summed E-state index contributed by atoms with van der Waals surface area (Å²) in [5.74, 6) is -0.418. The predicted octanol–water partition coefficient (Wildman–Crippen LogP) is 4.68. The van der Waals surface area contributed by atoms with Crippen molar-refractivity contribution in [2.45, 2.75) is 31.8 Å². The molecule has 5 rings (SSSR count).